The topological polar surface area (TPSA) is 109 Å². The van der Waals surface area contributed by atoms with E-state index in [9.17, 15) is 18.8 Å². The molecule has 0 unspecified atom stereocenters. The summed E-state index contributed by atoms with van der Waals surface area (Å²) >= 11 is 0. The van der Waals surface area contributed by atoms with Gasteiger partial charge in [0.2, 0.25) is 0 Å². The van der Waals surface area contributed by atoms with Crippen LogP contribution in [0.5, 0.6) is 5.75 Å². The second-order valence-corrected chi connectivity index (χ2v) is 7.35. The van der Waals surface area contributed by atoms with Gasteiger partial charge in [-0.15, -0.1) is 0 Å². The highest BCUT2D eigenvalue weighted by Gasteiger charge is 2.13. The summed E-state index contributed by atoms with van der Waals surface area (Å²) in [6, 6.07) is 17.5. The van der Waals surface area contributed by atoms with Crippen LogP contribution in [-0.2, 0) is 14.4 Å². The van der Waals surface area contributed by atoms with Gasteiger partial charge in [0.05, 0.1) is 6.21 Å². The van der Waals surface area contributed by atoms with Crippen molar-refractivity contribution < 1.29 is 23.5 Å². The van der Waals surface area contributed by atoms with Crippen LogP contribution in [-0.4, -0.2) is 30.5 Å². The van der Waals surface area contributed by atoms with Gasteiger partial charge in [-0.3, -0.25) is 14.4 Å². The van der Waals surface area contributed by atoms with Gasteiger partial charge in [0.25, 0.3) is 5.91 Å². The number of ether oxygens (including phenoxy) is 1. The fourth-order valence-electron chi connectivity index (χ4n) is 2.85. The third kappa shape index (κ3) is 6.99. The van der Waals surface area contributed by atoms with Crippen molar-refractivity contribution in [3.8, 4) is 5.75 Å². The molecule has 3 aromatic carbocycles. The summed E-state index contributed by atoms with van der Waals surface area (Å²) in [6.07, 6.45) is 1.29. The largest absolute Gasteiger partial charge is 0.483 e. The van der Waals surface area contributed by atoms with E-state index < -0.39 is 17.6 Å². The lowest BCUT2D eigenvalue weighted by molar-refractivity contribution is -0.136. The summed E-state index contributed by atoms with van der Waals surface area (Å²) in [5, 5.41) is 8.91. The normalized spacial score (nSPS) is 10.6. The lowest BCUT2D eigenvalue weighted by atomic mass is 10.1. The molecule has 0 aliphatic heterocycles. The molecule has 34 heavy (non-hydrogen) atoms. The van der Waals surface area contributed by atoms with Crippen LogP contribution in [0.15, 0.2) is 71.8 Å². The number of hydrogen-bond acceptors (Lipinski definition) is 5. The Labute approximate surface area is 195 Å². The zero-order valence-corrected chi connectivity index (χ0v) is 18.6. The molecule has 9 heteroatoms. The maximum atomic E-state index is 12.9. The van der Waals surface area contributed by atoms with E-state index in [0.29, 0.717) is 17.0 Å². The predicted octanol–water partition coefficient (Wildman–Crippen LogP) is 3.55. The fourth-order valence-corrected chi connectivity index (χ4v) is 2.85. The lowest BCUT2D eigenvalue weighted by Crippen LogP contribution is -2.32. The average Bonchev–Trinajstić information content (AvgIpc) is 2.82. The van der Waals surface area contributed by atoms with E-state index >= 15 is 0 Å². The number of amides is 3. The maximum Gasteiger partial charge on any atom is 0.329 e. The number of nitrogens with one attached hydrogen (secondary N) is 3. The molecule has 8 nitrogen and oxygen atoms in total. The van der Waals surface area contributed by atoms with Crippen LogP contribution in [0.25, 0.3) is 0 Å². The maximum absolute atomic E-state index is 12.9. The van der Waals surface area contributed by atoms with Crippen molar-refractivity contribution in [1.82, 2.24) is 5.43 Å². The molecule has 3 aromatic rings. The molecule has 0 fully saturated rings. The van der Waals surface area contributed by atoms with Gasteiger partial charge in [-0.05, 0) is 67.4 Å². The van der Waals surface area contributed by atoms with E-state index in [1.807, 2.05) is 32.0 Å². The Morgan fingerprint density at radius 1 is 0.941 bits per heavy atom. The molecular formula is C25H23FN4O4. The second kappa shape index (κ2) is 11.4. The van der Waals surface area contributed by atoms with Gasteiger partial charge in [-0.25, -0.2) is 9.82 Å². The molecule has 0 radical (unpaired) electrons. The summed E-state index contributed by atoms with van der Waals surface area (Å²) in [5.41, 5.74) is 5.54. The van der Waals surface area contributed by atoms with Crippen LogP contribution in [0.2, 0.25) is 0 Å². The fraction of sp³-hybridized carbons (Fsp3) is 0.120. The second-order valence-electron chi connectivity index (χ2n) is 7.35. The molecule has 0 spiro atoms. The first-order chi connectivity index (χ1) is 16.3. The van der Waals surface area contributed by atoms with E-state index in [0.717, 1.165) is 23.3 Å². The minimum absolute atomic E-state index is 0.231. The van der Waals surface area contributed by atoms with Gasteiger partial charge >= 0.3 is 11.8 Å². The minimum atomic E-state index is -1.01. The van der Waals surface area contributed by atoms with Crippen LogP contribution in [0, 0.1) is 19.7 Å². The van der Waals surface area contributed by atoms with Crippen LogP contribution < -0.4 is 20.8 Å². The molecule has 0 bridgehead atoms. The molecule has 3 N–H and O–H groups in total. The standard InChI is InChI=1S/C25H23FN4O4/c1-16-7-8-17(2)21(13-16)29-23(31)15-34-22-6-4-3-5-18(22)14-27-30-25(33)24(32)28-20-11-9-19(26)10-12-20/h3-14H,15H2,1-2H3,(H,28,32)(H,29,31)(H,30,33)/b27-14-. The summed E-state index contributed by atoms with van der Waals surface area (Å²) in [4.78, 5) is 36.2. The first kappa shape index (κ1) is 24.1. The zero-order valence-electron chi connectivity index (χ0n) is 18.6. The predicted molar refractivity (Wildman–Crippen MR) is 127 cm³/mol. The monoisotopic (exact) mass is 462 g/mol. The Kier molecular flexibility index (Phi) is 8.07. The van der Waals surface area contributed by atoms with Gasteiger partial charge in [-0.1, -0.05) is 24.3 Å². The lowest BCUT2D eigenvalue weighted by Gasteiger charge is -2.11. The van der Waals surface area contributed by atoms with E-state index in [1.165, 1.54) is 18.3 Å². The summed E-state index contributed by atoms with van der Waals surface area (Å²) in [7, 11) is 0. The highest BCUT2D eigenvalue weighted by atomic mass is 19.1. The molecule has 0 heterocycles. The number of hydrazone groups is 1. The van der Waals surface area contributed by atoms with Gasteiger partial charge in [-0.2, -0.15) is 5.10 Å². The molecular weight excluding hydrogens is 439 g/mol. The highest BCUT2D eigenvalue weighted by molar-refractivity contribution is 6.39. The number of anilines is 2. The first-order valence-corrected chi connectivity index (χ1v) is 10.3. The van der Waals surface area contributed by atoms with Crippen molar-refractivity contribution in [2.75, 3.05) is 17.2 Å². The van der Waals surface area contributed by atoms with E-state index in [1.54, 1.807) is 24.3 Å². The first-order valence-electron chi connectivity index (χ1n) is 10.3. The molecule has 0 atom stereocenters. The van der Waals surface area contributed by atoms with Gasteiger partial charge in [0.1, 0.15) is 11.6 Å². The van der Waals surface area contributed by atoms with Gasteiger partial charge < -0.3 is 15.4 Å². The third-order valence-electron chi connectivity index (χ3n) is 4.62. The molecule has 0 saturated carbocycles. The SMILES string of the molecule is Cc1ccc(C)c(NC(=O)COc2ccccc2/C=N\NC(=O)C(=O)Nc2ccc(F)cc2)c1. The van der Waals surface area contributed by atoms with Crippen LogP contribution in [0.3, 0.4) is 0 Å². The zero-order chi connectivity index (χ0) is 24.5. The summed E-state index contributed by atoms with van der Waals surface area (Å²) < 4.78 is 18.5. The van der Waals surface area contributed by atoms with Crippen molar-refractivity contribution >= 4 is 35.3 Å². The minimum Gasteiger partial charge on any atom is -0.483 e. The number of benzene rings is 3. The van der Waals surface area contributed by atoms with Crippen molar-refractivity contribution in [3.05, 3.63) is 89.2 Å². The third-order valence-corrected chi connectivity index (χ3v) is 4.62. The van der Waals surface area contributed by atoms with Crippen LogP contribution in [0.4, 0.5) is 15.8 Å². The average molecular weight is 462 g/mol. The summed E-state index contributed by atoms with van der Waals surface area (Å²) in [5.74, 6) is -2.39. The van der Waals surface area contributed by atoms with Crippen molar-refractivity contribution in [2.24, 2.45) is 5.10 Å². The number of carbonyl (C=O) groups is 3. The Balaban J connectivity index is 1.54. The quantitative estimate of drug-likeness (QED) is 0.283. The van der Waals surface area contributed by atoms with Gasteiger partial charge in [0.15, 0.2) is 6.61 Å². The number of hydrogen-bond donors (Lipinski definition) is 3. The Bertz CT molecular complexity index is 1230. The van der Waals surface area contributed by atoms with Crippen molar-refractivity contribution in [1.29, 1.82) is 0 Å². The molecule has 174 valence electrons. The smallest absolute Gasteiger partial charge is 0.329 e. The highest BCUT2D eigenvalue weighted by Crippen LogP contribution is 2.18. The molecule has 3 rings (SSSR count). The van der Waals surface area contributed by atoms with E-state index in [4.69, 9.17) is 4.74 Å². The Morgan fingerprint density at radius 2 is 1.68 bits per heavy atom. The Hall–Kier alpha value is -4.53. The van der Waals surface area contributed by atoms with E-state index in [2.05, 4.69) is 21.2 Å². The number of rotatable bonds is 7. The van der Waals surface area contributed by atoms with E-state index in [-0.39, 0.29) is 18.2 Å². The number of para-hydroxylation sites is 1. The number of carbonyl (C=O) groups excluding carboxylic acids is 3. The summed E-state index contributed by atoms with van der Waals surface area (Å²) in [6.45, 7) is 3.60. The molecule has 0 saturated heterocycles. The molecule has 0 aliphatic rings. The van der Waals surface area contributed by atoms with Gasteiger partial charge in [0, 0.05) is 16.9 Å². The van der Waals surface area contributed by atoms with Crippen LogP contribution in [0.1, 0.15) is 16.7 Å². The molecule has 0 aromatic heterocycles. The number of halogens is 1. The molecule has 0 aliphatic carbocycles. The number of aryl methyl sites for hydroxylation is 2. The molecule has 3 amide bonds. The van der Waals surface area contributed by atoms with Crippen molar-refractivity contribution in [3.63, 3.8) is 0 Å². The Morgan fingerprint density at radius 3 is 2.44 bits per heavy atom. The van der Waals surface area contributed by atoms with Crippen molar-refractivity contribution in [2.45, 2.75) is 13.8 Å². The number of nitrogens with zero attached hydrogens (tertiary/aromatic N) is 1. The van der Waals surface area contributed by atoms with Crippen LogP contribution >= 0.6 is 0 Å².